The van der Waals surface area contributed by atoms with Crippen LogP contribution in [-0.2, 0) is 11.2 Å². The van der Waals surface area contributed by atoms with Crippen LogP contribution < -0.4 is 15.4 Å². The summed E-state index contributed by atoms with van der Waals surface area (Å²) in [5.41, 5.74) is 1.28. The first-order valence-electron chi connectivity index (χ1n) is 6.06. The molecule has 1 fully saturated rings. The summed E-state index contributed by atoms with van der Waals surface area (Å²) < 4.78 is 5.83. The van der Waals surface area contributed by atoms with Gasteiger partial charge in [0.05, 0.1) is 0 Å². The molecule has 1 aromatic rings. The summed E-state index contributed by atoms with van der Waals surface area (Å²) in [4.78, 5) is 11.0. The molecule has 0 bridgehead atoms. The van der Waals surface area contributed by atoms with E-state index in [2.05, 4.69) is 16.7 Å². The van der Waals surface area contributed by atoms with Gasteiger partial charge in [-0.2, -0.15) is 0 Å². The molecule has 2 aliphatic heterocycles. The minimum Gasteiger partial charge on any atom is -0.488 e. The highest BCUT2D eigenvalue weighted by Crippen LogP contribution is 2.27. The van der Waals surface area contributed by atoms with Crippen LogP contribution in [0.15, 0.2) is 24.3 Å². The number of fused-ring (bicyclic) bond motifs is 1. The summed E-state index contributed by atoms with van der Waals surface area (Å²) in [5, 5.41) is 6.20. The molecule has 1 aromatic carbocycles. The molecule has 2 unspecified atom stereocenters. The standard InChI is InChI=1S/C13H16N2O2/c16-13-6-10(7-15-13)14-8-11-5-9-3-1-2-4-12(9)17-11/h1-4,10-11,14H,5-8H2,(H,15,16). The van der Waals surface area contributed by atoms with Crippen LogP contribution >= 0.6 is 0 Å². The molecule has 3 rings (SSSR count). The van der Waals surface area contributed by atoms with Gasteiger partial charge in [0, 0.05) is 32.0 Å². The van der Waals surface area contributed by atoms with Gasteiger partial charge in [0.1, 0.15) is 11.9 Å². The number of benzene rings is 1. The fourth-order valence-corrected chi connectivity index (χ4v) is 2.42. The summed E-state index contributed by atoms with van der Waals surface area (Å²) >= 11 is 0. The van der Waals surface area contributed by atoms with E-state index in [1.54, 1.807) is 0 Å². The lowest BCUT2D eigenvalue weighted by Gasteiger charge is -2.15. The van der Waals surface area contributed by atoms with Gasteiger partial charge in [0.15, 0.2) is 0 Å². The van der Waals surface area contributed by atoms with Crippen molar-refractivity contribution in [2.24, 2.45) is 0 Å². The Morgan fingerprint density at radius 3 is 3.00 bits per heavy atom. The molecule has 4 nitrogen and oxygen atoms in total. The van der Waals surface area contributed by atoms with Gasteiger partial charge in [-0.3, -0.25) is 4.79 Å². The third kappa shape index (κ3) is 2.26. The van der Waals surface area contributed by atoms with Crippen molar-refractivity contribution in [3.05, 3.63) is 29.8 Å². The van der Waals surface area contributed by atoms with Gasteiger partial charge >= 0.3 is 0 Å². The van der Waals surface area contributed by atoms with Crippen LogP contribution in [0.5, 0.6) is 5.75 Å². The maximum Gasteiger partial charge on any atom is 0.221 e. The average Bonchev–Trinajstić information content (AvgIpc) is 2.91. The van der Waals surface area contributed by atoms with Crippen molar-refractivity contribution in [1.82, 2.24) is 10.6 Å². The number of para-hydroxylation sites is 1. The van der Waals surface area contributed by atoms with Gasteiger partial charge < -0.3 is 15.4 Å². The quantitative estimate of drug-likeness (QED) is 0.796. The molecule has 4 heteroatoms. The highest BCUT2D eigenvalue weighted by Gasteiger charge is 2.25. The molecule has 2 atom stereocenters. The van der Waals surface area contributed by atoms with Gasteiger partial charge in [-0.05, 0) is 11.6 Å². The first-order valence-corrected chi connectivity index (χ1v) is 6.06. The topological polar surface area (TPSA) is 50.4 Å². The number of carbonyl (C=O) groups is 1. The fourth-order valence-electron chi connectivity index (χ4n) is 2.42. The van der Waals surface area contributed by atoms with Crippen LogP contribution in [0.25, 0.3) is 0 Å². The van der Waals surface area contributed by atoms with E-state index in [0.29, 0.717) is 6.42 Å². The first kappa shape index (κ1) is 10.6. The highest BCUT2D eigenvalue weighted by atomic mass is 16.5. The maximum absolute atomic E-state index is 11.0. The lowest BCUT2D eigenvalue weighted by Crippen LogP contribution is -2.38. The van der Waals surface area contributed by atoms with Crippen molar-refractivity contribution in [3.8, 4) is 5.75 Å². The lowest BCUT2D eigenvalue weighted by molar-refractivity contribution is -0.119. The van der Waals surface area contributed by atoms with Crippen LogP contribution in [0.4, 0.5) is 0 Å². The molecule has 90 valence electrons. The molecule has 0 radical (unpaired) electrons. The molecule has 0 aliphatic carbocycles. The Morgan fingerprint density at radius 1 is 1.35 bits per heavy atom. The molecule has 0 spiro atoms. The Kier molecular flexibility index (Phi) is 2.73. The predicted octanol–water partition coefficient (Wildman–Crippen LogP) is 0.468. The first-order chi connectivity index (χ1) is 8.31. The highest BCUT2D eigenvalue weighted by molar-refractivity contribution is 5.78. The SMILES string of the molecule is O=C1CC(NCC2Cc3ccccc3O2)CN1. The fraction of sp³-hybridized carbons (Fsp3) is 0.462. The molecule has 2 aliphatic rings. The molecule has 17 heavy (non-hydrogen) atoms. The third-order valence-corrected chi connectivity index (χ3v) is 3.33. The van der Waals surface area contributed by atoms with Crippen molar-refractivity contribution in [3.63, 3.8) is 0 Å². The monoisotopic (exact) mass is 232 g/mol. The van der Waals surface area contributed by atoms with Gasteiger partial charge in [-0.25, -0.2) is 0 Å². The van der Waals surface area contributed by atoms with Gasteiger partial charge in [-0.1, -0.05) is 18.2 Å². The van der Waals surface area contributed by atoms with Gasteiger partial charge in [-0.15, -0.1) is 0 Å². The van der Waals surface area contributed by atoms with Crippen LogP contribution in [0.1, 0.15) is 12.0 Å². The van der Waals surface area contributed by atoms with Crippen molar-refractivity contribution < 1.29 is 9.53 Å². The second-order valence-electron chi connectivity index (χ2n) is 4.67. The minimum absolute atomic E-state index is 0.137. The van der Waals surface area contributed by atoms with Crippen molar-refractivity contribution >= 4 is 5.91 Å². The van der Waals surface area contributed by atoms with E-state index in [9.17, 15) is 4.79 Å². The number of ether oxygens (including phenoxy) is 1. The smallest absolute Gasteiger partial charge is 0.221 e. The Balaban J connectivity index is 1.51. The predicted molar refractivity (Wildman–Crippen MR) is 64.0 cm³/mol. The number of hydrogen-bond acceptors (Lipinski definition) is 3. The molecule has 2 N–H and O–H groups in total. The van der Waals surface area contributed by atoms with Gasteiger partial charge in [0.2, 0.25) is 5.91 Å². The molecule has 1 saturated heterocycles. The second kappa shape index (κ2) is 4.37. The van der Waals surface area contributed by atoms with E-state index in [1.807, 2.05) is 18.2 Å². The number of amides is 1. The summed E-state index contributed by atoms with van der Waals surface area (Å²) in [6, 6.07) is 8.41. The number of nitrogens with one attached hydrogen (secondary N) is 2. The number of carbonyl (C=O) groups excluding carboxylic acids is 1. The van der Waals surface area contributed by atoms with Gasteiger partial charge in [0.25, 0.3) is 0 Å². The Morgan fingerprint density at radius 2 is 2.24 bits per heavy atom. The second-order valence-corrected chi connectivity index (χ2v) is 4.67. The summed E-state index contributed by atoms with van der Waals surface area (Å²) in [7, 11) is 0. The van der Waals surface area contributed by atoms with Crippen LogP contribution in [-0.4, -0.2) is 31.1 Å². The van der Waals surface area contributed by atoms with E-state index in [0.717, 1.165) is 25.3 Å². The molecular formula is C13H16N2O2. The van der Waals surface area contributed by atoms with Crippen LogP contribution in [0.2, 0.25) is 0 Å². The number of hydrogen-bond donors (Lipinski definition) is 2. The van der Waals surface area contributed by atoms with E-state index in [4.69, 9.17) is 4.74 Å². The average molecular weight is 232 g/mol. The molecular weight excluding hydrogens is 216 g/mol. The zero-order valence-electron chi connectivity index (χ0n) is 9.61. The Hall–Kier alpha value is -1.55. The van der Waals surface area contributed by atoms with Crippen molar-refractivity contribution in [1.29, 1.82) is 0 Å². The largest absolute Gasteiger partial charge is 0.488 e. The molecule has 1 amide bonds. The third-order valence-electron chi connectivity index (χ3n) is 3.33. The van der Waals surface area contributed by atoms with E-state index in [-0.39, 0.29) is 18.1 Å². The van der Waals surface area contributed by atoms with Crippen LogP contribution in [0, 0.1) is 0 Å². The lowest BCUT2D eigenvalue weighted by atomic mass is 10.1. The normalized spacial score (nSPS) is 26.5. The summed E-state index contributed by atoms with van der Waals surface area (Å²) in [6.45, 7) is 1.53. The summed E-state index contributed by atoms with van der Waals surface area (Å²) in [5.74, 6) is 1.14. The molecule has 0 aromatic heterocycles. The van der Waals surface area contributed by atoms with Crippen molar-refractivity contribution in [2.45, 2.75) is 25.0 Å². The van der Waals surface area contributed by atoms with E-state index < -0.39 is 0 Å². The van der Waals surface area contributed by atoms with Crippen LogP contribution in [0.3, 0.4) is 0 Å². The summed E-state index contributed by atoms with van der Waals surface area (Å²) in [6.07, 6.45) is 1.74. The number of rotatable bonds is 3. The maximum atomic E-state index is 11.0. The zero-order valence-corrected chi connectivity index (χ0v) is 9.61. The Labute approximate surface area is 100 Å². The van der Waals surface area contributed by atoms with E-state index in [1.165, 1.54) is 5.56 Å². The Bertz CT molecular complexity index is 408. The zero-order chi connectivity index (χ0) is 11.7. The molecule has 2 heterocycles. The molecule has 0 saturated carbocycles. The minimum atomic E-state index is 0.137. The van der Waals surface area contributed by atoms with Crippen molar-refractivity contribution in [2.75, 3.05) is 13.1 Å². The van der Waals surface area contributed by atoms with E-state index >= 15 is 0 Å².